The predicted molar refractivity (Wildman–Crippen MR) is 134 cm³/mol. The number of allylic oxidation sites excluding steroid dienone is 1. The lowest BCUT2D eigenvalue weighted by molar-refractivity contribution is 0.396. The molecule has 1 aliphatic rings. The van der Waals surface area contributed by atoms with Crippen LogP contribution in [0.3, 0.4) is 0 Å². The number of hydrogen-bond donors (Lipinski definition) is 1. The van der Waals surface area contributed by atoms with E-state index < -0.39 is 0 Å². The van der Waals surface area contributed by atoms with Crippen molar-refractivity contribution in [3.8, 4) is 11.4 Å². The van der Waals surface area contributed by atoms with Gasteiger partial charge in [-0.1, -0.05) is 89.6 Å². The normalized spacial score (nSPS) is 16.1. The van der Waals surface area contributed by atoms with Gasteiger partial charge in [0.15, 0.2) is 5.11 Å². The van der Waals surface area contributed by atoms with Gasteiger partial charge in [-0.15, -0.1) is 0 Å². The summed E-state index contributed by atoms with van der Waals surface area (Å²) in [6.45, 7) is 2.64. The monoisotopic (exact) mass is 472 g/mol. The maximum Gasteiger partial charge on any atom is 0.258 e. The number of rotatable bonds is 5. The van der Waals surface area contributed by atoms with E-state index in [1.165, 1.54) is 0 Å². The number of nitrogens with zero attached hydrogens (tertiary/aromatic N) is 3. The van der Waals surface area contributed by atoms with Crippen LogP contribution in [0.4, 0.5) is 0 Å². The average Bonchev–Trinajstić information content (AvgIpc) is 3.33. The van der Waals surface area contributed by atoms with E-state index in [1.54, 1.807) is 0 Å². The average molecular weight is 473 g/mol. The van der Waals surface area contributed by atoms with Crippen LogP contribution >= 0.6 is 23.8 Å². The second-order valence-corrected chi connectivity index (χ2v) is 8.62. The van der Waals surface area contributed by atoms with Crippen molar-refractivity contribution in [2.45, 2.75) is 19.5 Å². The van der Waals surface area contributed by atoms with Crippen molar-refractivity contribution >= 4 is 34.5 Å². The van der Waals surface area contributed by atoms with Gasteiger partial charge in [-0.2, -0.15) is 4.98 Å². The van der Waals surface area contributed by atoms with Crippen molar-refractivity contribution in [3.63, 3.8) is 0 Å². The molecule has 0 fully saturated rings. The second kappa shape index (κ2) is 9.17. The van der Waals surface area contributed by atoms with Gasteiger partial charge in [0, 0.05) is 22.8 Å². The van der Waals surface area contributed by atoms with E-state index in [9.17, 15) is 0 Å². The van der Waals surface area contributed by atoms with Crippen LogP contribution in [-0.4, -0.2) is 20.2 Å². The quantitative estimate of drug-likeness (QED) is 0.346. The fraction of sp³-hybridized carbons (Fsp3) is 0.115. The Morgan fingerprint density at radius 3 is 2.33 bits per heavy atom. The fourth-order valence-corrected chi connectivity index (χ4v) is 4.40. The highest BCUT2D eigenvalue weighted by Gasteiger charge is 2.34. The van der Waals surface area contributed by atoms with Gasteiger partial charge in [-0.3, -0.25) is 0 Å². The molecule has 7 heteroatoms. The molecule has 5 nitrogen and oxygen atoms in total. The molecule has 0 saturated carbocycles. The summed E-state index contributed by atoms with van der Waals surface area (Å²) >= 11 is 11.8. The third-order valence-corrected chi connectivity index (χ3v) is 6.26. The van der Waals surface area contributed by atoms with Crippen LogP contribution < -0.4 is 5.32 Å². The van der Waals surface area contributed by atoms with Crippen molar-refractivity contribution in [2.24, 2.45) is 0 Å². The van der Waals surface area contributed by atoms with Gasteiger partial charge in [-0.05, 0) is 42.4 Å². The van der Waals surface area contributed by atoms with Crippen molar-refractivity contribution in [1.82, 2.24) is 20.4 Å². The highest BCUT2D eigenvalue weighted by Crippen LogP contribution is 2.37. The third kappa shape index (κ3) is 4.40. The Labute approximate surface area is 202 Å². The van der Waals surface area contributed by atoms with E-state index in [4.69, 9.17) is 33.3 Å². The van der Waals surface area contributed by atoms with Crippen molar-refractivity contribution in [1.29, 1.82) is 0 Å². The number of nitrogens with one attached hydrogen (secondary N) is 1. The molecule has 1 atom stereocenters. The molecule has 0 aliphatic carbocycles. The minimum absolute atomic E-state index is 0.204. The van der Waals surface area contributed by atoms with E-state index in [2.05, 4.69) is 27.5 Å². The standard InChI is InChI=1S/C26H21ClN4OS/c1-17-22(25-29-24(30-32-25)20-10-6-3-7-11-20)23(19-8-4-2-5-9-19)28-26(33)31(17)16-18-12-14-21(27)15-13-18/h2-15,23H,16H2,1H3,(H,28,33). The topological polar surface area (TPSA) is 54.2 Å². The van der Waals surface area contributed by atoms with Crippen LogP contribution in [0.5, 0.6) is 0 Å². The number of halogens is 1. The molecule has 0 bridgehead atoms. The Morgan fingerprint density at radius 1 is 0.970 bits per heavy atom. The first-order valence-corrected chi connectivity index (χ1v) is 11.4. The van der Waals surface area contributed by atoms with Crippen molar-refractivity contribution in [3.05, 3.63) is 113 Å². The maximum atomic E-state index is 6.07. The Balaban J connectivity index is 1.59. The Morgan fingerprint density at radius 2 is 1.64 bits per heavy atom. The summed E-state index contributed by atoms with van der Waals surface area (Å²) in [5.41, 5.74) is 4.93. The molecule has 164 valence electrons. The molecule has 4 aromatic rings. The molecular weight excluding hydrogens is 452 g/mol. The lowest BCUT2D eigenvalue weighted by Gasteiger charge is -2.37. The van der Waals surface area contributed by atoms with Crippen LogP contribution in [0.15, 0.2) is 95.1 Å². The lowest BCUT2D eigenvalue weighted by atomic mass is 9.94. The number of aromatic nitrogens is 2. The van der Waals surface area contributed by atoms with Crippen LogP contribution in [0.2, 0.25) is 5.02 Å². The molecular formula is C26H21ClN4OS. The van der Waals surface area contributed by atoms with Gasteiger partial charge in [-0.25, -0.2) is 0 Å². The Hall–Kier alpha value is -3.48. The molecule has 1 aliphatic heterocycles. The molecule has 1 aromatic heterocycles. The lowest BCUT2D eigenvalue weighted by Crippen LogP contribution is -2.45. The summed E-state index contributed by atoms with van der Waals surface area (Å²) in [7, 11) is 0. The highest BCUT2D eigenvalue weighted by molar-refractivity contribution is 7.80. The molecule has 1 unspecified atom stereocenters. The van der Waals surface area contributed by atoms with Crippen LogP contribution in [-0.2, 0) is 6.54 Å². The van der Waals surface area contributed by atoms with E-state index in [0.717, 1.165) is 28.0 Å². The van der Waals surface area contributed by atoms with Gasteiger partial charge in [0.2, 0.25) is 5.82 Å². The second-order valence-electron chi connectivity index (χ2n) is 7.79. The molecule has 5 rings (SSSR count). The van der Waals surface area contributed by atoms with Crippen LogP contribution in [0.25, 0.3) is 17.0 Å². The number of hydrogen-bond acceptors (Lipinski definition) is 4. The van der Waals surface area contributed by atoms with Crippen LogP contribution in [0.1, 0.15) is 30.0 Å². The largest absolute Gasteiger partial charge is 0.351 e. The molecule has 0 radical (unpaired) electrons. The van der Waals surface area contributed by atoms with Gasteiger partial charge in [0.05, 0.1) is 11.6 Å². The number of benzene rings is 3. The fourth-order valence-electron chi connectivity index (χ4n) is 3.95. The van der Waals surface area contributed by atoms with E-state index in [0.29, 0.717) is 28.4 Å². The van der Waals surface area contributed by atoms with Gasteiger partial charge in [0.1, 0.15) is 0 Å². The maximum absolute atomic E-state index is 6.07. The molecule has 0 amide bonds. The predicted octanol–water partition coefficient (Wildman–Crippen LogP) is 6.25. The molecule has 0 saturated heterocycles. The Bertz CT molecular complexity index is 1300. The minimum atomic E-state index is -0.204. The van der Waals surface area contributed by atoms with E-state index in [-0.39, 0.29) is 6.04 Å². The van der Waals surface area contributed by atoms with Gasteiger partial charge >= 0.3 is 0 Å². The summed E-state index contributed by atoms with van der Waals surface area (Å²) in [6.07, 6.45) is 0. The van der Waals surface area contributed by atoms with Gasteiger partial charge in [0.25, 0.3) is 5.89 Å². The summed E-state index contributed by atoms with van der Waals surface area (Å²) < 4.78 is 5.78. The Kier molecular flexibility index (Phi) is 5.94. The zero-order chi connectivity index (χ0) is 22.8. The summed E-state index contributed by atoms with van der Waals surface area (Å²) in [6, 6.07) is 27.5. The molecule has 3 aromatic carbocycles. The molecule has 33 heavy (non-hydrogen) atoms. The minimum Gasteiger partial charge on any atom is -0.351 e. The van der Waals surface area contributed by atoms with Crippen molar-refractivity contribution in [2.75, 3.05) is 0 Å². The smallest absolute Gasteiger partial charge is 0.258 e. The summed E-state index contributed by atoms with van der Waals surface area (Å²) in [5.74, 6) is 1.02. The zero-order valence-corrected chi connectivity index (χ0v) is 19.5. The summed E-state index contributed by atoms with van der Waals surface area (Å²) in [5, 5.41) is 9.08. The zero-order valence-electron chi connectivity index (χ0n) is 17.9. The molecule has 0 spiro atoms. The molecule has 1 N–H and O–H groups in total. The third-order valence-electron chi connectivity index (χ3n) is 5.67. The SMILES string of the molecule is CC1=C(c2nc(-c3ccccc3)no2)C(c2ccccc2)NC(=S)N1Cc1ccc(Cl)cc1. The first kappa shape index (κ1) is 21.4. The highest BCUT2D eigenvalue weighted by atomic mass is 35.5. The van der Waals surface area contributed by atoms with E-state index in [1.807, 2.05) is 79.7 Å². The first-order chi connectivity index (χ1) is 16.1. The summed E-state index contributed by atoms with van der Waals surface area (Å²) in [4.78, 5) is 6.80. The van der Waals surface area contributed by atoms with E-state index >= 15 is 0 Å². The first-order valence-electron chi connectivity index (χ1n) is 10.6. The van der Waals surface area contributed by atoms with Gasteiger partial charge < -0.3 is 14.7 Å². The van der Waals surface area contributed by atoms with Crippen LogP contribution in [0, 0.1) is 0 Å². The van der Waals surface area contributed by atoms with Crippen molar-refractivity contribution < 1.29 is 4.52 Å². The number of thiocarbonyl (C=S) groups is 1. The molecule has 2 heterocycles.